The van der Waals surface area contributed by atoms with Gasteiger partial charge in [-0.15, -0.1) is 12.4 Å². The third kappa shape index (κ3) is 4.89. The van der Waals surface area contributed by atoms with E-state index < -0.39 is 0 Å². The predicted molar refractivity (Wildman–Crippen MR) is 83.4 cm³/mol. The SMILES string of the molecule is CC(=O)Nc1ccccc1C(=O)NCc1cccnc1.Cl. The van der Waals surface area contributed by atoms with Gasteiger partial charge in [-0.3, -0.25) is 14.6 Å². The second kappa shape index (κ2) is 8.01. The van der Waals surface area contributed by atoms with Crippen LogP contribution in [0.1, 0.15) is 22.8 Å². The molecule has 21 heavy (non-hydrogen) atoms. The molecule has 2 amide bonds. The second-order valence-electron chi connectivity index (χ2n) is 4.27. The van der Waals surface area contributed by atoms with E-state index in [0.29, 0.717) is 17.8 Å². The van der Waals surface area contributed by atoms with Crippen LogP contribution >= 0.6 is 12.4 Å². The number of anilines is 1. The molecule has 2 rings (SSSR count). The zero-order chi connectivity index (χ0) is 14.4. The maximum Gasteiger partial charge on any atom is 0.253 e. The van der Waals surface area contributed by atoms with Gasteiger partial charge < -0.3 is 10.6 Å². The van der Waals surface area contributed by atoms with E-state index in [1.165, 1.54) is 6.92 Å². The highest BCUT2D eigenvalue weighted by Gasteiger charge is 2.11. The molecule has 0 aliphatic rings. The van der Waals surface area contributed by atoms with Gasteiger partial charge in [-0.1, -0.05) is 18.2 Å². The Kier molecular flexibility index (Phi) is 6.36. The van der Waals surface area contributed by atoms with Crippen molar-refractivity contribution in [3.8, 4) is 0 Å². The molecule has 0 aliphatic carbocycles. The van der Waals surface area contributed by atoms with Gasteiger partial charge in [-0.25, -0.2) is 0 Å². The molecule has 0 unspecified atom stereocenters. The highest BCUT2D eigenvalue weighted by Crippen LogP contribution is 2.14. The van der Waals surface area contributed by atoms with Gasteiger partial charge in [0, 0.05) is 25.9 Å². The first kappa shape index (κ1) is 16.7. The molecule has 110 valence electrons. The maximum atomic E-state index is 12.1. The molecule has 5 nitrogen and oxygen atoms in total. The van der Waals surface area contributed by atoms with Crippen molar-refractivity contribution in [3.63, 3.8) is 0 Å². The number of carbonyl (C=O) groups is 2. The summed E-state index contributed by atoms with van der Waals surface area (Å²) < 4.78 is 0. The molecule has 6 heteroatoms. The molecule has 0 spiro atoms. The average molecular weight is 306 g/mol. The van der Waals surface area contributed by atoms with Gasteiger partial charge in [0.25, 0.3) is 5.91 Å². The molecule has 1 heterocycles. The van der Waals surface area contributed by atoms with Crippen LogP contribution in [0.15, 0.2) is 48.8 Å². The minimum atomic E-state index is -0.238. The Labute approximate surface area is 129 Å². The van der Waals surface area contributed by atoms with Crippen LogP contribution in [0.3, 0.4) is 0 Å². The van der Waals surface area contributed by atoms with Crippen LogP contribution in [-0.2, 0) is 11.3 Å². The largest absolute Gasteiger partial charge is 0.348 e. The van der Waals surface area contributed by atoms with Crippen LogP contribution in [0.4, 0.5) is 5.69 Å². The lowest BCUT2D eigenvalue weighted by Gasteiger charge is -2.10. The van der Waals surface area contributed by atoms with Crippen LogP contribution in [0, 0.1) is 0 Å². The van der Waals surface area contributed by atoms with Gasteiger partial charge in [-0.05, 0) is 23.8 Å². The summed E-state index contributed by atoms with van der Waals surface area (Å²) >= 11 is 0. The zero-order valence-electron chi connectivity index (χ0n) is 11.5. The second-order valence-corrected chi connectivity index (χ2v) is 4.27. The van der Waals surface area contributed by atoms with E-state index in [2.05, 4.69) is 15.6 Å². The van der Waals surface area contributed by atoms with Crippen molar-refractivity contribution in [2.75, 3.05) is 5.32 Å². The normalized spacial score (nSPS) is 9.38. The lowest BCUT2D eigenvalue weighted by Crippen LogP contribution is -2.24. The molecular formula is C15H16ClN3O2. The van der Waals surface area contributed by atoms with Crippen LogP contribution in [0.2, 0.25) is 0 Å². The smallest absolute Gasteiger partial charge is 0.253 e. The Morgan fingerprint density at radius 1 is 1.14 bits per heavy atom. The topological polar surface area (TPSA) is 71.1 Å². The van der Waals surface area contributed by atoms with E-state index in [4.69, 9.17) is 0 Å². The highest BCUT2D eigenvalue weighted by molar-refractivity contribution is 6.03. The fraction of sp³-hybridized carbons (Fsp3) is 0.133. The lowest BCUT2D eigenvalue weighted by molar-refractivity contribution is -0.114. The number of hydrogen-bond donors (Lipinski definition) is 2. The van der Waals surface area contributed by atoms with Crippen LogP contribution < -0.4 is 10.6 Å². The van der Waals surface area contributed by atoms with Crippen molar-refractivity contribution in [2.45, 2.75) is 13.5 Å². The van der Waals surface area contributed by atoms with Gasteiger partial charge in [0.05, 0.1) is 11.3 Å². The van der Waals surface area contributed by atoms with Gasteiger partial charge in [0.1, 0.15) is 0 Å². The Balaban J connectivity index is 0.00000220. The Bertz CT molecular complexity index is 617. The fourth-order valence-corrected chi connectivity index (χ4v) is 1.76. The first-order valence-electron chi connectivity index (χ1n) is 6.20. The zero-order valence-corrected chi connectivity index (χ0v) is 12.3. The number of halogens is 1. The quantitative estimate of drug-likeness (QED) is 0.911. The van der Waals surface area contributed by atoms with Gasteiger partial charge in [0.15, 0.2) is 0 Å². The number of nitrogens with zero attached hydrogens (tertiary/aromatic N) is 1. The summed E-state index contributed by atoms with van der Waals surface area (Å²) in [5.41, 5.74) is 1.85. The van der Waals surface area contributed by atoms with E-state index in [-0.39, 0.29) is 24.2 Å². The van der Waals surface area contributed by atoms with E-state index in [1.807, 2.05) is 12.1 Å². The molecule has 1 aromatic carbocycles. The minimum absolute atomic E-state index is 0. The molecule has 0 bridgehead atoms. The summed E-state index contributed by atoms with van der Waals surface area (Å²) in [6, 6.07) is 10.6. The van der Waals surface area contributed by atoms with E-state index in [1.54, 1.807) is 36.7 Å². The summed E-state index contributed by atoms with van der Waals surface area (Å²) in [5, 5.41) is 5.44. The number of benzene rings is 1. The molecule has 0 fully saturated rings. The molecule has 2 N–H and O–H groups in total. The van der Waals surface area contributed by atoms with Crippen molar-refractivity contribution in [1.29, 1.82) is 0 Å². The number of pyridine rings is 1. The molecule has 0 saturated carbocycles. The van der Waals surface area contributed by atoms with Gasteiger partial charge in [0.2, 0.25) is 5.91 Å². The van der Waals surface area contributed by atoms with Gasteiger partial charge in [-0.2, -0.15) is 0 Å². The average Bonchev–Trinajstić information content (AvgIpc) is 2.46. The first-order valence-corrected chi connectivity index (χ1v) is 6.20. The summed E-state index contributed by atoms with van der Waals surface area (Å²) in [5.74, 6) is -0.448. The number of para-hydroxylation sites is 1. The molecule has 0 saturated heterocycles. The van der Waals surface area contributed by atoms with Crippen molar-refractivity contribution >= 4 is 29.9 Å². The standard InChI is InChI=1S/C15H15N3O2.ClH/c1-11(19)18-14-7-3-2-6-13(14)15(20)17-10-12-5-4-8-16-9-12;/h2-9H,10H2,1H3,(H,17,20)(H,18,19);1H. The maximum absolute atomic E-state index is 12.1. The summed E-state index contributed by atoms with van der Waals surface area (Å²) in [6.45, 7) is 1.80. The van der Waals surface area contributed by atoms with E-state index in [0.717, 1.165) is 5.56 Å². The molecule has 0 atom stereocenters. The molecule has 0 radical (unpaired) electrons. The number of carbonyl (C=O) groups excluding carboxylic acids is 2. The Hall–Kier alpha value is -2.40. The molecule has 0 aliphatic heterocycles. The minimum Gasteiger partial charge on any atom is -0.348 e. The van der Waals surface area contributed by atoms with E-state index >= 15 is 0 Å². The summed E-state index contributed by atoms with van der Waals surface area (Å²) in [6.07, 6.45) is 3.37. The highest BCUT2D eigenvalue weighted by atomic mass is 35.5. The monoisotopic (exact) mass is 305 g/mol. The van der Waals surface area contributed by atoms with Crippen LogP contribution in [-0.4, -0.2) is 16.8 Å². The summed E-state index contributed by atoms with van der Waals surface area (Å²) in [7, 11) is 0. The predicted octanol–water partition coefficient (Wildman–Crippen LogP) is 2.39. The first-order chi connectivity index (χ1) is 9.66. The molecule has 1 aromatic heterocycles. The van der Waals surface area contributed by atoms with Crippen LogP contribution in [0.5, 0.6) is 0 Å². The fourth-order valence-electron chi connectivity index (χ4n) is 1.76. The van der Waals surface area contributed by atoms with Gasteiger partial charge >= 0.3 is 0 Å². The third-order valence-corrected chi connectivity index (χ3v) is 2.66. The third-order valence-electron chi connectivity index (χ3n) is 2.66. The number of amides is 2. The number of hydrogen-bond acceptors (Lipinski definition) is 3. The number of rotatable bonds is 4. The Morgan fingerprint density at radius 2 is 1.90 bits per heavy atom. The lowest BCUT2D eigenvalue weighted by atomic mass is 10.1. The summed E-state index contributed by atoms with van der Waals surface area (Å²) in [4.78, 5) is 27.2. The van der Waals surface area contributed by atoms with Crippen molar-refractivity contribution < 1.29 is 9.59 Å². The van der Waals surface area contributed by atoms with Crippen molar-refractivity contribution in [3.05, 3.63) is 59.9 Å². The molecular weight excluding hydrogens is 290 g/mol. The number of aromatic nitrogens is 1. The van der Waals surface area contributed by atoms with Crippen molar-refractivity contribution in [2.24, 2.45) is 0 Å². The van der Waals surface area contributed by atoms with Crippen LogP contribution in [0.25, 0.3) is 0 Å². The molecule has 2 aromatic rings. The van der Waals surface area contributed by atoms with E-state index in [9.17, 15) is 9.59 Å². The van der Waals surface area contributed by atoms with Crippen molar-refractivity contribution in [1.82, 2.24) is 10.3 Å². The Morgan fingerprint density at radius 3 is 2.57 bits per heavy atom. The number of nitrogens with one attached hydrogen (secondary N) is 2.